The van der Waals surface area contributed by atoms with E-state index in [-0.39, 0.29) is 0 Å². The number of allylic oxidation sites excluding steroid dienone is 1. The number of hydrogen-bond donors (Lipinski definition) is 1. The van der Waals surface area contributed by atoms with E-state index >= 15 is 0 Å². The molecule has 2 atom stereocenters. The molecule has 2 unspecified atom stereocenters. The van der Waals surface area contributed by atoms with Gasteiger partial charge in [0.1, 0.15) is 0 Å². The normalized spacial score (nSPS) is 22.9. The summed E-state index contributed by atoms with van der Waals surface area (Å²) in [5, 5.41) is 3.61. The van der Waals surface area contributed by atoms with Crippen molar-refractivity contribution < 1.29 is 0 Å². The van der Waals surface area contributed by atoms with Gasteiger partial charge in [0.2, 0.25) is 0 Å². The molecule has 1 nitrogen and oxygen atoms in total. The first-order chi connectivity index (χ1) is 6.75. The van der Waals surface area contributed by atoms with E-state index in [9.17, 15) is 0 Å². The Hall–Kier alpha value is -0.120. The zero-order valence-electron chi connectivity index (χ0n) is 8.16. The van der Waals surface area contributed by atoms with Crippen molar-refractivity contribution in [2.24, 2.45) is 0 Å². The van der Waals surface area contributed by atoms with Crippen LogP contribution in [0.4, 0.5) is 0 Å². The fraction of sp³-hybridized carbons (Fsp3) is 0.455. The maximum absolute atomic E-state index is 3.61. The van der Waals surface area contributed by atoms with Crippen molar-refractivity contribution in [2.75, 3.05) is 0 Å². The molecule has 2 rings (SSSR count). The Balaban J connectivity index is 1.94. The van der Waals surface area contributed by atoms with Crippen LogP contribution in [0, 0.1) is 0 Å². The SMILES string of the molecule is CC(NC1C=CCC1)c1ccc(Br)s1. The number of hydrogen-bond acceptors (Lipinski definition) is 2. The Morgan fingerprint density at radius 1 is 1.57 bits per heavy atom. The first-order valence-corrected chi connectivity index (χ1v) is 6.54. The average Bonchev–Trinajstić information content (AvgIpc) is 2.75. The third-order valence-corrected chi connectivity index (χ3v) is 4.30. The minimum absolute atomic E-state index is 0.457. The van der Waals surface area contributed by atoms with Crippen molar-refractivity contribution in [1.82, 2.24) is 5.32 Å². The predicted molar refractivity (Wildman–Crippen MR) is 65.7 cm³/mol. The number of nitrogens with one attached hydrogen (secondary N) is 1. The minimum Gasteiger partial charge on any atom is -0.303 e. The molecule has 0 bridgehead atoms. The quantitative estimate of drug-likeness (QED) is 0.823. The second-order valence-electron chi connectivity index (χ2n) is 3.64. The first kappa shape index (κ1) is 10.4. The zero-order chi connectivity index (χ0) is 9.97. The highest BCUT2D eigenvalue weighted by atomic mass is 79.9. The van der Waals surface area contributed by atoms with Crippen LogP contribution in [-0.4, -0.2) is 6.04 Å². The summed E-state index contributed by atoms with van der Waals surface area (Å²) in [6.45, 7) is 2.23. The first-order valence-electron chi connectivity index (χ1n) is 4.93. The lowest BCUT2D eigenvalue weighted by Crippen LogP contribution is -2.27. The third kappa shape index (κ3) is 2.47. The second kappa shape index (κ2) is 4.60. The molecule has 1 aliphatic carbocycles. The molecule has 0 aromatic carbocycles. The molecule has 1 heterocycles. The summed E-state index contributed by atoms with van der Waals surface area (Å²) in [6, 6.07) is 5.33. The van der Waals surface area contributed by atoms with Gasteiger partial charge in [-0.1, -0.05) is 12.2 Å². The third-order valence-electron chi connectivity index (χ3n) is 2.50. The summed E-state index contributed by atoms with van der Waals surface area (Å²) in [7, 11) is 0. The van der Waals surface area contributed by atoms with E-state index in [0.29, 0.717) is 12.1 Å². The van der Waals surface area contributed by atoms with Gasteiger partial charge in [-0.05, 0) is 47.8 Å². The lowest BCUT2D eigenvalue weighted by atomic mass is 10.2. The highest BCUT2D eigenvalue weighted by Gasteiger charge is 2.14. The Kier molecular flexibility index (Phi) is 3.42. The summed E-state index contributed by atoms with van der Waals surface area (Å²) >= 11 is 5.30. The maximum atomic E-state index is 3.61. The molecule has 0 fully saturated rings. The topological polar surface area (TPSA) is 12.0 Å². The smallest absolute Gasteiger partial charge is 0.0701 e. The molecule has 0 amide bonds. The van der Waals surface area contributed by atoms with E-state index in [1.54, 1.807) is 0 Å². The van der Waals surface area contributed by atoms with Crippen molar-refractivity contribution in [1.29, 1.82) is 0 Å². The molecule has 0 saturated carbocycles. The van der Waals surface area contributed by atoms with Crippen LogP contribution >= 0.6 is 27.3 Å². The van der Waals surface area contributed by atoms with Gasteiger partial charge in [0.05, 0.1) is 3.79 Å². The molecule has 1 aromatic rings. The molecule has 1 aromatic heterocycles. The summed E-state index contributed by atoms with van der Waals surface area (Å²) < 4.78 is 1.21. The van der Waals surface area contributed by atoms with Crippen LogP contribution in [0.15, 0.2) is 28.1 Å². The molecule has 3 heteroatoms. The van der Waals surface area contributed by atoms with Gasteiger partial charge in [-0.3, -0.25) is 0 Å². The summed E-state index contributed by atoms with van der Waals surface area (Å²) in [6.07, 6.45) is 7.00. The molecule has 0 aliphatic heterocycles. The molecule has 1 N–H and O–H groups in total. The van der Waals surface area contributed by atoms with Gasteiger partial charge in [-0.25, -0.2) is 0 Å². The zero-order valence-corrected chi connectivity index (χ0v) is 10.6. The lowest BCUT2D eigenvalue weighted by molar-refractivity contribution is 0.511. The van der Waals surface area contributed by atoms with E-state index in [1.165, 1.54) is 21.5 Å². The van der Waals surface area contributed by atoms with Crippen LogP contribution in [0.2, 0.25) is 0 Å². The predicted octanol–water partition coefficient (Wildman–Crippen LogP) is 3.88. The lowest BCUT2D eigenvalue weighted by Gasteiger charge is -2.16. The van der Waals surface area contributed by atoms with E-state index in [2.05, 4.69) is 52.5 Å². The maximum Gasteiger partial charge on any atom is 0.0701 e. The average molecular weight is 272 g/mol. The van der Waals surface area contributed by atoms with Gasteiger partial charge in [0.25, 0.3) is 0 Å². The van der Waals surface area contributed by atoms with Crippen molar-refractivity contribution in [3.05, 3.63) is 32.9 Å². The molecular weight excluding hydrogens is 258 g/mol. The van der Waals surface area contributed by atoms with E-state index < -0.39 is 0 Å². The van der Waals surface area contributed by atoms with Crippen molar-refractivity contribution >= 4 is 27.3 Å². The van der Waals surface area contributed by atoms with Crippen LogP contribution in [0.3, 0.4) is 0 Å². The Morgan fingerprint density at radius 3 is 3.00 bits per heavy atom. The van der Waals surface area contributed by atoms with Gasteiger partial charge in [0, 0.05) is 17.0 Å². The Labute approximate surface area is 97.3 Å². The second-order valence-corrected chi connectivity index (χ2v) is 6.14. The van der Waals surface area contributed by atoms with Crippen LogP contribution in [0.1, 0.15) is 30.7 Å². The monoisotopic (exact) mass is 271 g/mol. The van der Waals surface area contributed by atoms with E-state index in [4.69, 9.17) is 0 Å². The number of thiophene rings is 1. The van der Waals surface area contributed by atoms with Crippen molar-refractivity contribution in [3.8, 4) is 0 Å². The van der Waals surface area contributed by atoms with Gasteiger partial charge < -0.3 is 5.32 Å². The van der Waals surface area contributed by atoms with Crippen molar-refractivity contribution in [2.45, 2.75) is 31.8 Å². The Morgan fingerprint density at radius 2 is 2.43 bits per heavy atom. The van der Waals surface area contributed by atoms with Gasteiger partial charge in [-0.2, -0.15) is 0 Å². The molecule has 0 spiro atoms. The summed E-state index contributed by atoms with van der Waals surface area (Å²) in [5.41, 5.74) is 0. The van der Waals surface area contributed by atoms with E-state index in [0.717, 1.165) is 0 Å². The van der Waals surface area contributed by atoms with Crippen LogP contribution in [-0.2, 0) is 0 Å². The molecule has 1 aliphatic rings. The fourth-order valence-electron chi connectivity index (χ4n) is 1.74. The van der Waals surface area contributed by atoms with Crippen LogP contribution < -0.4 is 5.32 Å². The summed E-state index contributed by atoms with van der Waals surface area (Å²) in [5.74, 6) is 0. The van der Waals surface area contributed by atoms with Gasteiger partial charge in [0.15, 0.2) is 0 Å². The minimum atomic E-state index is 0.457. The van der Waals surface area contributed by atoms with E-state index in [1.807, 2.05) is 11.3 Å². The van der Waals surface area contributed by atoms with Gasteiger partial charge >= 0.3 is 0 Å². The van der Waals surface area contributed by atoms with Crippen molar-refractivity contribution in [3.63, 3.8) is 0 Å². The molecule has 0 radical (unpaired) electrons. The molecule has 14 heavy (non-hydrogen) atoms. The largest absolute Gasteiger partial charge is 0.303 e. The van der Waals surface area contributed by atoms with Gasteiger partial charge in [-0.15, -0.1) is 11.3 Å². The number of halogens is 1. The van der Waals surface area contributed by atoms with Crippen LogP contribution in [0.25, 0.3) is 0 Å². The summed E-state index contributed by atoms with van der Waals surface area (Å²) in [4.78, 5) is 1.40. The number of rotatable bonds is 3. The van der Waals surface area contributed by atoms with Crippen LogP contribution in [0.5, 0.6) is 0 Å². The molecule has 0 saturated heterocycles. The molecule has 76 valence electrons. The Bertz CT molecular complexity index is 332. The fourth-order valence-corrected chi connectivity index (χ4v) is 3.17. The highest BCUT2D eigenvalue weighted by Crippen LogP contribution is 2.27. The highest BCUT2D eigenvalue weighted by molar-refractivity contribution is 9.11. The molecular formula is C11H14BrNS. The standard InChI is InChI=1S/C11H14BrNS/c1-8(10-6-7-11(12)14-10)13-9-4-2-3-5-9/h2,4,6-9,13H,3,5H2,1H3.